The number of hydrogen-bond acceptors (Lipinski definition) is 6. The lowest BCUT2D eigenvalue weighted by molar-refractivity contribution is 0.196. The largest absolute Gasteiger partial charge is 0.507 e. The minimum Gasteiger partial charge on any atom is -0.507 e. The number of hydrogen-bond donors (Lipinski definition) is 3. The van der Waals surface area contributed by atoms with Gasteiger partial charge in [-0.3, -0.25) is 10.1 Å². The molecule has 1 saturated carbocycles. The summed E-state index contributed by atoms with van der Waals surface area (Å²) in [6, 6.07) is 6.67. The lowest BCUT2D eigenvalue weighted by Gasteiger charge is -2.13. The maximum atomic E-state index is 12.1. The monoisotopic (exact) mass is 365 g/mol. The molecule has 1 aliphatic carbocycles. The van der Waals surface area contributed by atoms with E-state index in [9.17, 15) is 9.90 Å². The second kappa shape index (κ2) is 7.45. The lowest BCUT2D eigenvalue weighted by atomic mass is 10.0. The molecular weight excluding hydrogens is 346 g/mol. The van der Waals surface area contributed by atoms with Gasteiger partial charge in [0.1, 0.15) is 17.8 Å². The molecule has 0 atom stereocenters. The summed E-state index contributed by atoms with van der Waals surface area (Å²) in [5, 5.41) is 19.7. The zero-order valence-corrected chi connectivity index (χ0v) is 14.6. The van der Waals surface area contributed by atoms with Crippen LogP contribution in [0.4, 0.5) is 4.79 Å². The molecule has 0 radical (unpaired) electrons. The maximum absolute atomic E-state index is 12.1. The molecule has 0 aliphatic heterocycles. The molecule has 2 heterocycles. The Morgan fingerprint density at radius 1 is 1.19 bits per heavy atom. The van der Waals surface area contributed by atoms with Crippen LogP contribution in [0.1, 0.15) is 25.7 Å². The molecule has 0 bridgehead atoms. The van der Waals surface area contributed by atoms with Crippen LogP contribution in [0.5, 0.6) is 11.5 Å². The second-order valence-corrected chi connectivity index (χ2v) is 6.49. The number of benzene rings is 1. The number of phenolic OH excluding ortho intramolecular Hbond substituents is 1. The number of aromatic hydroxyl groups is 1. The van der Waals surface area contributed by atoms with Gasteiger partial charge in [-0.15, -0.1) is 0 Å². The Balaban J connectivity index is 1.55. The quantitative estimate of drug-likeness (QED) is 0.654. The number of amides is 1. The Labute approximate surface area is 155 Å². The fourth-order valence-electron chi connectivity index (χ4n) is 3.24. The number of nitrogens with zero attached hydrogens (tertiary/aromatic N) is 3. The highest BCUT2D eigenvalue weighted by Crippen LogP contribution is 2.33. The van der Waals surface area contributed by atoms with Crippen molar-refractivity contribution in [2.75, 3.05) is 0 Å². The molecule has 8 nitrogen and oxygen atoms in total. The summed E-state index contributed by atoms with van der Waals surface area (Å²) in [6.07, 6.45) is 8.43. The van der Waals surface area contributed by atoms with E-state index < -0.39 is 6.09 Å². The number of rotatable bonds is 4. The summed E-state index contributed by atoms with van der Waals surface area (Å²) in [5.74, 6) is 0.991. The van der Waals surface area contributed by atoms with Gasteiger partial charge in [-0.05, 0) is 37.1 Å². The molecule has 0 unspecified atom stereocenters. The number of H-pyrrole nitrogens is 1. The molecule has 138 valence electrons. The number of ether oxygens (including phenoxy) is 1. The topological polar surface area (TPSA) is 113 Å². The van der Waals surface area contributed by atoms with Crippen molar-refractivity contribution in [1.29, 1.82) is 0 Å². The molecular formula is C19H19N5O3. The molecule has 1 fully saturated rings. The van der Waals surface area contributed by atoms with Gasteiger partial charge in [0.15, 0.2) is 5.82 Å². The van der Waals surface area contributed by atoms with Crippen LogP contribution < -0.4 is 10.1 Å². The van der Waals surface area contributed by atoms with Crippen molar-refractivity contribution < 1.29 is 14.6 Å². The molecule has 1 aliphatic rings. The number of pyridine rings is 1. The third kappa shape index (κ3) is 3.89. The molecule has 3 N–H and O–H groups in total. The van der Waals surface area contributed by atoms with Crippen molar-refractivity contribution in [3.63, 3.8) is 0 Å². The van der Waals surface area contributed by atoms with Crippen molar-refractivity contribution in [3.8, 4) is 34.0 Å². The van der Waals surface area contributed by atoms with E-state index in [0.29, 0.717) is 22.7 Å². The Bertz CT molecular complexity index is 936. The third-order valence-corrected chi connectivity index (χ3v) is 4.59. The average molecular weight is 365 g/mol. The molecule has 1 amide bonds. The Morgan fingerprint density at radius 2 is 2.00 bits per heavy atom. The fourth-order valence-corrected chi connectivity index (χ4v) is 3.24. The van der Waals surface area contributed by atoms with Gasteiger partial charge >= 0.3 is 6.09 Å². The first-order valence-corrected chi connectivity index (χ1v) is 8.81. The molecule has 3 aromatic rings. The first-order valence-electron chi connectivity index (χ1n) is 8.81. The Morgan fingerprint density at radius 3 is 2.78 bits per heavy atom. The summed E-state index contributed by atoms with van der Waals surface area (Å²) in [7, 11) is 0. The first-order chi connectivity index (χ1) is 13.2. The van der Waals surface area contributed by atoms with Crippen molar-refractivity contribution in [1.82, 2.24) is 25.5 Å². The van der Waals surface area contributed by atoms with Crippen LogP contribution >= 0.6 is 0 Å². The van der Waals surface area contributed by atoms with E-state index in [4.69, 9.17) is 4.74 Å². The number of carbonyl (C=O) groups excluding carboxylic acids is 1. The summed E-state index contributed by atoms with van der Waals surface area (Å²) in [6.45, 7) is 0. The summed E-state index contributed by atoms with van der Waals surface area (Å²) < 4.78 is 5.39. The van der Waals surface area contributed by atoms with Crippen LogP contribution in [0, 0.1) is 0 Å². The predicted octanol–water partition coefficient (Wildman–Crippen LogP) is 3.27. The highest BCUT2D eigenvalue weighted by molar-refractivity contribution is 5.76. The minimum atomic E-state index is -0.480. The van der Waals surface area contributed by atoms with E-state index in [-0.39, 0.29) is 11.8 Å². The first kappa shape index (κ1) is 17.0. The van der Waals surface area contributed by atoms with Gasteiger partial charge in [-0.1, -0.05) is 12.8 Å². The number of carbonyl (C=O) groups is 1. The smallest absolute Gasteiger partial charge is 0.412 e. The summed E-state index contributed by atoms with van der Waals surface area (Å²) in [5.41, 5.74) is 1.91. The Hall–Kier alpha value is -3.42. The van der Waals surface area contributed by atoms with Gasteiger partial charge < -0.3 is 15.2 Å². The zero-order valence-electron chi connectivity index (χ0n) is 14.6. The highest BCUT2D eigenvalue weighted by atomic mass is 16.6. The van der Waals surface area contributed by atoms with E-state index in [1.165, 1.54) is 12.4 Å². The van der Waals surface area contributed by atoms with Gasteiger partial charge in [0.2, 0.25) is 0 Å². The van der Waals surface area contributed by atoms with Crippen molar-refractivity contribution in [2.45, 2.75) is 31.7 Å². The van der Waals surface area contributed by atoms with E-state index in [1.807, 2.05) is 6.07 Å². The van der Waals surface area contributed by atoms with Crippen LogP contribution in [-0.2, 0) is 0 Å². The standard InChI is InChI=1S/C19H19N5O3/c25-17-6-5-15(27-19(26)23-14-3-1-2-4-14)8-16(17)12-7-13(10-20-9-12)18-21-11-22-24-18/h5-11,14,25H,1-4H2,(H,23,26)(H,21,22,24). The number of nitrogens with one attached hydrogen (secondary N) is 2. The minimum absolute atomic E-state index is 0.0649. The summed E-state index contributed by atoms with van der Waals surface area (Å²) in [4.78, 5) is 20.4. The molecule has 8 heteroatoms. The maximum Gasteiger partial charge on any atom is 0.412 e. The lowest BCUT2D eigenvalue weighted by Crippen LogP contribution is -2.34. The van der Waals surface area contributed by atoms with E-state index in [1.54, 1.807) is 24.5 Å². The molecule has 1 aromatic carbocycles. The van der Waals surface area contributed by atoms with Crippen LogP contribution in [0.3, 0.4) is 0 Å². The summed E-state index contributed by atoms with van der Waals surface area (Å²) >= 11 is 0. The van der Waals surface area contributed by atoms with Crippen molar-refractivity contribution >= 4 is 6.09 Å². The van der Waals surface area contributed by atoms with Crippen molar-refractivity contribution in [3.05, 3.63) is 43.0 Å². The number of phenols is 1. The van der Waals surface area contributed by atoms with E-state index >= 15 is 0 Å². The second-order valence-electron chi connectivity index (χ2n) is 6.49. The van der Waals surface area contributed by atoms with E-state index in [2.05, 4.69) is 25.5 Å². The zero-order chi connectivity index (χ0) is 18.6. The van der Waals surface area contributed by atoms with Crippen molar-refractivity contribution in [2.24, 2.45) is 0 Å². The van der Waals surface area contributed by atoms with Crippen LogP contribution in [0.2, 0.25) is 0 Å². The van der Waals surface area contributed by atoms with Gasteiger partial charge in [0, 0.05) is 35.1 Å². The van der Waals surface area contributed by atoms with Crippen LogP contribution in [0.25, 0.3) is 22.5 Å². The molecule has 27 heavy (non-hydrogen) atoms. The molecule has 0 saturated heterocycles. The fraction of sp³-hybridized carbons (Fsp3) is 0.263. The highest BCUT2D eigenvalue weighted by Gasteiger charge is 2.18. The number of aromatic nitrogens is 4. The molecule has 2 aromatic heterocycles. The predicted molar refractivity (Wildman–Crippen MR) is 98.1 cm³/mol. The van der Waals surface area contributed by atoms with Gasteiger partial charge in [-0.25, -0.2) is 9.78 Å². The average Bonchev–Trinajstić information content (AvgIpc) is 3.37. The number of aromatic amines is 1. The van der Waals surface area contributed by atoms with Crippen LogP contribution in [-0.4, -0.2) is 37.4 Å². The Kier molecular flexibility index (Phi) is 4.69. The SMILES string of the molecule is O=C(NC1CCCC1)Oc1ccc(O)c(-c2cncc(-c3ncn[nH]3)c2)c1. The third-order valence-electron chi connectivity index (χ3n) is 4.59. The normalized spacial score (nSPS) is 14.2. The van der Waals surface area contributed by atoms with Crippen LogP contribution in [0.15, 0.2) is 43.0 Å². The van der Waals surface area contributed by atoms with E-state index in [0.717, 1.165) is 31.2 Å². The van der Waals surface area contributed by atoms with Gasteiger partial charge in [0.25, 0.3) is 0 Å². The van der Waals surface area contributed by atoms with Gasteiger partial charge in [0.05, 0.1) is 0 Å². The molecule has 0 spiro atoms. The molecule has 4 rings (SSSR count). The van der Waals surface area contributed by atoms with Gasteiger partial charge in [-0.2, -0.15) is 5.10 Å².